The van der Waals surface area contributed by atoms with Crippen molar-refractivity contribution in [2.75, 3.05) is 5.32 Å². The fourth-order valence-corrected chi connectivity index (χ4v) is 2.26. The fraction of sp³-hybridized carbons (Fsp3) is 0.538. The minimum atomic E-state index is -0.897. The quantitative estimate of drug-likeness (QED) is 0.568. The van der Waals surface area contributed by atoms with Crippen molar-refractivity contribution in [3.63, 3.8) is 0 Å². The van der Waals surface area contributed by atoms with E-state index in [4.69, 9.17) is 4.74 Å². The number of anilines is 1. The van der Waals surface area contributed by atoms with Crippen LogP contribution in [0.4, 0.5) is 11.4 Å². The van der Waals surface area contributed by atoms with Gasteiger partial charge in [0.25, 0.3) is 5.69 Å². The van der Waals surface area contributed by atoms with Crippen molar-refractivity contribution in [3.05, 3.63) is 33.9 Å². The maximum absolute atomic E-state index is 10.7. The van der Waals surface area contributed by atoms with Crippen LogP contribution in [-0.2, 0) is 4.74 Å². The molecular weight excluding hydrogens is 264 g/mol. The predicted octanol–water partition coefficient (Wildman–Crippen LogP) is 1.17. The molecule has 1 aromatic rings. The van der Waals surface area contributed by atoms with E-state index in [-0.39, 0.29) is 12.1 Å². The number of hydrogen-bond acceptors (Lipinski definition) is 6. The molecule has 1 saturated heterocycles. The van der Waals surface area contributed by atoms with Gasteiger partial charge in [0.05, 0.1) is 17.1 Å². The molecule has 0 saturated carbocycles. The van der Waals surface area contributed by atoms with E-state index in [1.807, 2.05) is 0 Å². The third kappa shape index (κ3) is 3.06. The van der Waals surface area contributed by atoms with Gasteiger partial charge in [0.15, 0.2) is 0 Å². The van der Waals surface area contributed by atoms with Gasteiger partial charge in [-0.2, -0.15) is 0 Å². The Bertz CT molecular complexity index is 496. The van der Waals surface area contributed by atoms with Gasteiger partial charge in [-0.1, -0.05) is 0 Å². The van der Waals surface area contributed by atoms with Crippen LogP contribution < -0.4 is 5.32 Å². The molecule has 1 aliphatic rings. The summed E-state index contributed by atoms with van der Waals surface area (Å²) in [5.41, 5.74) is 1.45. The molecule has 0 amide bonds. The summed E-state index contributed by atoms with van der Waals surface area (Å²) in [6, 6.07) is 4.49. The van der Waals surface area contributed by atoms with Crippen LogP contribution in [0.1, 0.15) is 18.9 Å². The number of nitrogens with zero attached hydrogens (tertiary/aromatic N) is 1. The number of ether oxygens (including phenoxy) is 1. The van der Waals surface area contributed by atoms with Crippen LogP contribution in [-0.4, -0.2) is 39.7 Å². The average molecular weight is 282 g/mol. The molecule has 0 unspecified atom stereocenters. The number of nitro benzene ring substituents is 1. The van der Waals surface area contributed by atoms with Crippen molar-refractivity contribution < 1.29 is 19.9 Å². The Balaban J connectivity index is 2.09. The lowest BCUT2D eigenvalue weighted by atomic mass is 10.0. The molecule has 110 valence electrons. The normalized spacial score (nSPS) is 30.0. The first-order valence-corrected chi connectivity index (χ1v) is 6.41. The monoisotopic (exact) mass is 282 g/mol. The Kier molecular flexibility index (Phi) is 4.22. The number of non-ortho nitro benzene ring substituents is 1. The van der Waals surface area contributed by atoms with Crippen molar-refractivity contribution in [3.8, 4) is 0 Å². The molecule has 4 atom stereocenters. The highest BCUT2D eigenvalue weighted by molar-refractivity contribution is 5.55. The lowest BCUT2D eigenvalue weighted by Gasteiger charge is -2.36. The maximum atomic E-state index is 10.7. The fourth-order valence-electron chi connectivity index (χ4n) is 2.26. The van der Waals surface area contributed by atoms with Crippen LogP contribution in [0.2, 0.25) is 0 Å². The summed E-state index contributed by atoms with van der Waals surface area (Å²) in [6.45, 7) is 3.44. The van der Waals surface area contributed by atoms with Gasteiger partial charge < -0.3 is 20.3 Å². The molecule has 1 fully saturated rings. The summed E-state index contributed by atoms with van der Waals surface area (Å²) in [5, 5.41) is 33.1. The van der Waals surface area contributed by atoms with E-state index in [0.717, 1.165) is 5.56 Å². The van der Waals surface area contributed by atoms with Crippen LogP contribution in [0, 0.1) is 17.0 Å². The molecule has 2 rings (SSSR count). The second kappa shape index (κ2) is 5.74. The Labute approximate surface area is 116 Å². The van der Waals surface area contributed by atoms with Gasteiger partial charge in [-0.15, -0.1) is 0 Å². The standard InChI is InChI=1S/C13H18N2O5/c1-7-5-9(15(18)19)3-4-10(7)14-12-6-11(16)13(17)8(2)20-12/h3-5,8,11-14,16-17H,6H2,1-2H3/t8-,11-,12+,13+/m0/s1. The van der Waals surface area contributed by atoms with Gasteiger partial charge in [-0.3, -0.25) is 10.1 Å². The van der Waals surface area contributed by atoms with Crippen molar-refractivity contribution >= 4 is 11.4 Å². The number of benzene rings is 1. The second-order valence-electron chi connectivity index (χ2n) is 5.02. The van der Waals surface area contributed by atoms with E-state index in [0.29, 0.717) is 5.69 Å². The molecule has 7 heteroatoms. The van der Waals surface area contributed by atoms with E-state index >= 15 is 0 Å². The van der Waals surface area contributed by atoms with Gasteiger partial charge in [0.2, 0.25) is 0 Å². The van der Waals surface area contributed by atoms with E-state index in [2.05, 4.69) is 5.32 Å². The van der Waals surface area contributed by atoms with E-state index in [9.17, 15) is 20.3 Å². The van der Waals surface area contributed by atoms with Crippen molar-refractivity contribution in [1.82, 2.24) is 0 Å². The average Bonchev–Trinajstić information content (AvgIpc) is 2.38. The predicted molar refractivity (Wildman–Crippen MR) is 72.4 cm³/mol. The molecule has 3 N–H and O–H groups in total. The minimum Gasteiger partial charge on any atom is -0.390 e. The molecule has 1 aromatic carbocycles. The molecule has 1 heterocycles. The van der Waals surface area contributed by atoms with E-state index < -0.39 is 29.5 Å². The Morgan fingerprint density at radius 2 is 2.15 bits per heavy atom. The van der Waals surface area contributed by atoms with Crippen LogP contribution in [0.25, 0.3) is 0 Å². The highest BCUT2D eigenvalue weighted by Crippen LogP contribution is 2.25. The zero-order valence-corrected chi connectivity index (χ0v) is 11.3. The number of rotatable bonds is 3. The molecule has 0 bridgehead atoms. The molecule has 0 aliphatic carbocycles. The molecule has 1 aliphatic heterocycles. The van der Waals surface area contributed by atoms with Crippen molar-refractivity contribution in [2.45, 2.75) is 44.8 Å². The van der Waals surface area contributed by atoms with Gasteiger partial charge >= 0.3 is 0 Å². The van der Waals surface area contributed by atoms with Gasteiger partial charge in [0.1, 0.15) is 12.3 Å². The summed E-state index contributed by atoms with van der Waals surface area (Å²) in [6.07, 6.45) is -2.42. The van der Waals surface area contributed by atoms with E-state index in [1.54, 1.807) is 19.9 Å². The summed E-state index contributed by atoms with van der Waals surface area (Å²) in [7, 11) is 0. The highest BCUT2D eigenvalue weighted by atomic mass is 16.6. The molecule has 7 nitrogen and oxygen atoms in total. The third-order valence-electron chi connectivity index (χ3n) is 3.45. The minimum absolute atomic E-state index is 0.0291. The van der Waals surface area contributed by atoms with Crippen molar-refractivity contribution in [2.24, 2.45) is 0 Å². The SMILES string of the molecule is Cc1cc([N+](=O)[O-])ccc1N[C@H]1C[C@H](O)[C@H](O)[C@H](C)O1. The highest BCUT2D eigenvalue weighted by Gasteiger charge is 2.34. The third-order valence-corrected chi connectivity index (χ3v) is 3.45. The van der Waals surface area contributed by atoms with Crippen molar-refractivity contribution in [1.29, 1.82) is 0 Å². The molecule has 0 radical (unpaired) electrons. The number of aryl methyl sites for hydroxylation is 1. The number of nitrogens with one attached hydrogen (secondary N) is 1. The first kappa shape index (κ1) is 14.7. The Morgan fingerprint density at radius 3 is 2.70 bits per heavy atom. The van der Waals surface area contributed by atoms with Crippen LogP contribution in [0.5, 0.6) is 0 Å². The number of aliphatic hydroxyl groups is 2. The largest absolute Gasteiger partial charge is 0.390 e. The van der Waals surface area contributed by atoms with Gasteiger partial charge in [-0.05, 0) is 25.5 Å². The second-order valence-corrected chi connectivity index (χ2v) is 5.02. The lowest BCUT2D eigenvalue weighted by Crippen LogP contribution is -2.49. The van der Waals surface area contributed by atoms with Gasteiger partial charge in [0, 0.05) is 24.2 Å². The number of nitro groups is 1. The summed E-state index contributed by atoms with van der Waals surface area (Å²) in [4.78, 5) is 10.2. The zero-order valence-electron chi connectivity index (χ0n) is 11.3. The first-order chi connectivity index (χ1) is 9.38. The van der Waals surface area contributed by atoms with E-state index in [1.165, 1.54) is 12.1 Å². The number of aliphatic hydroxyl groups excluding tert-OH is 2. The maximum Gasteiger partial charge on any atom is 0.269 e. The molecular formula is C13H18N2O5. The summed E-state index contributed by atoms with van der Waals surface area (Å²) in [5.74, 6) is 0. The molecule has 0 spiro atoms. The zero-order chi connectivity index (χ0) is 14.9. The van der Waals surface area contributed by atoms with Crippen LogP contribution >= 0.6 is 0 Å². The molecule has 20 heavy (non-hydrogen) atoms. The summed E-state index contributed by atoms with van der Waals surface area (Å²) < 4.78 is 5.55. The van der Waals surface area contributed by atoms with Crippen LogP contribution in [0.15, 0.2) is 18.2 Å². The number of hydrogen-bond donors (Lipinski definition) is 3. The van der Waals surface area contributed by atoms with Crippen LogP contribution in [0.3, 0.4) is 0 Å². The topological polar surface area (TPSA) is 105 Å². The Morgan fingerprint density at radius 1 is 1.45 bits per heavy atom. The molecule has 0 aromatic heterocycles. The summed E-state index contributed by atoms with van der Waals surface area (Å²) >= 11 is 0. The smallest absolute Gasteiger partial charge is 0.269 e. The Hall–Kier alpha value is -1.70. The van der Waals surface area contributed by atoms with Gasteiger partial charge in [-0.25, -0.2) is 0 Å². The lowest BCUT2D eigenvalue weighted by molar-refractivity contribution is -0.384. The first-order valence-electron chi connectivity index (χ1n) is 6.41.